The molecule has 4 heteroatoms. The van der Waals surface area contributed by atoms with E-state index in [1.165, 1.54) is 20.8 Å². The maximum Gasteiger partial charge on any atom is 0.414 e. The number of hydrogen-bond donors (Lipinski definition) is 1. The lowest BCUT2D eigenvalue weighted by Gasteiger charge is -2.19. The maximum atomic E-state index is 11.8. The van der Waals surface area contributed by atoms with Crippen LogP contribution in [0.5, 0.6) is 0 Å². The second-order valence-electron chi connectivity index (χ2n) is 3.12. The molecule has 0 saturated heterocycles. The van der Waals surface area contributed by atoms with Crippen LogP contribution in [0, 0.1) is 5.41 Å². The highest BCUT2D eigenvalue weighted by molar-refractivity contribution is 5.88. The number of carbonyl (C=O) groups excluding carboxylic acids is 1. The predicted molar refractivity (Wildman–Crippen MR) is 31.6 cm³/mol. The zero-order chi connectivity index (χ0) is 8.58. The fourth-order valence-corrected chi connectivity index (χ4v) is 0.451. The second kappa shape index (κ2) is 2.27. The van der Waals surface area contributed by atoms with Crippen molar-refractivity contribution in [2.75, 3.05) is 0 Å². The van der Waals surface area contributed by atoms with E-state index in [1.807, 2.05) is 0 Å². The molecule has 0 atom stereocenters. The van der Waals surface area contributed by atoms with Gasteiger partial charge in [-0.3, -0.25) is 4.79 Å². The summed E-state index contributed by atoms with van der Waals surface area (Å²) < 4.78 is 23.6. The van der Waals surface area contributed by atoms with Crippen molar-refractivity contribution in [1.29, 1.82) is 0 Å². The summed E-state index contributed by atoms with van der Waals surface area (Å²) in [4.78, 5) is 10.5. The Morgan fingerprint density at radius 2 is 1.60 bits per heavy atom. The zero-order valence-electron chi connectivity index (χ0n) is 6.11. The monoisotopic (exact) mass is 152 g/mol. The van der Waals surface area contributed by atoms with Gasteiger partial charge in [-0.05, 0) is 0 Å². The van der Waals surface area contributed by atoms with E-state index in [0.717, 1.165) is 0 Å². The Morgan fingerprint density at radius 1 is 1.30 bits per heavy atom. The van der Waals surface area contributed by atoms with Crippen LogP contribution in [0.1, 0.15) is 20.8 Å². The average molecular weight is 152 g/mol. The van der Waals surface area contributed by atoms with E-state index >= 15 is 0 Å². The molecule has 0 spiro atoms. The van der Waals surface area contributed by atoms with Gasteiger partial charge in [0.2, 0.25) is 5.78 Å². The Hall–Kier alpha value is -0.510. The molecule has 0 saturated carbocycles. The van der Waals surface area contributed by atoms with Gasteiger partial charge in [-0.2, -0.15) is 8.78 Å². The van der Waals surface area contributed by atoms with E-state index in [2.05, 4.69) is 0 Å². The topological polar surface area (TPSA) is 37.3 Å². The van der Waals surface area contributed by atoms with Gasteiger partial charge in [-0.1, -0.05) is 20.8 Å². The van der Waals surface area contributed by atoms with Crippen LogP contribution in [0.2, 0.25) is 0 Å². The minimum atomic E-state index is -4.20. The first-order valence-corrected chi connectivity index (χ1v) is 2.81. The van der Waals surface area contributed by atoms with Crippen LogP contribution >= 0.6 is 0 Å². The Kier molecular flexibility index (Phi) is 2.15. The van der Waals surface area contributed by atoms with Crippen molar-refractivity contribution in [3.05, 3.63) is 0 Å². The number of halogens is 2. The van der Waals surface area contributed by atoms with Crippen molar-refractivity contribution in [3.63, 3.8) is 0 Å². The smallest absolute Gasteiger partial charge is 0.330 e. The molecule has 0 aromatic heterocycles. The SMILES string of the molecule is CC(C)(C)C(=O)C(O)(F)F. The van der Waals surface area contributed by atoms with Crippen LogP contribution in [-0.4, -0.2) is 17.0 Å². The van der Waals surface area contributed by atoms with Crippen molar-refractivity contribution in [2.24, 2.45) is 5.41 Å². The highest BCUT2D eigenvalue weighted by Crippen LogP contribution is 2.24. The Bertz CT molecular complexity index is 125. The molecule has 0 aliphatic heterocycles. The number of aliphatic hydroxyl groups is 1. The molecule has 0 aromatic carbocycles. The summed E-state index contributed by atoms with van der Waals surface area (Å²) in [5.41, 5.74) is -1.20. The molecule has 10 heavy (non-hydrogen) atoms. The molecule has 0 amide bonds. The summed E-state index contributed by atoms with van der Waals surface area (Å²) in [7, 11) is 0. The quantitative estimate of drug-likeness (QED) is 0.612. The summed E-state index contributed by atoms with van der Waals surface area (Å²) in [5.74, 6) is -1.46. The minimum Gasteiger partial charge on any atom is -0.330 e. The van der Waals surface area contributed by atoms with E-state index in [0.29, 0.717) is 0 Å². The molecule has 1 N–H and O–H groups in total. The van der Waals surface area contributed by atoms with Crippen molar-refractivity contribution in [2.45, 2.75) is 26.9 Å². The van der Waals surface area contributed by atoms with Gasteiger partial charge in [0.25, 0.3) is 0 Å². The molecule has 0 fully saturated rings. The fraction of sp³-hybridized carbons (Fsp3) is 0.833. The second-order valence-corrected chi connectivity index (χ2v) is 3.12. The molecule has 0 unspecified atom stereocenters. The average Bonchev–Trinajstić information content (AvgIpc) is 1.59. The first kappa shape index (κ1) is 9.49. The first-order chi connectivity index (χ1) is 4.15. The summed E-state index contributed by atoms with van der Waals surface area (Å²) in [6.45, 7) is 3.96. The van der Waals surface area contributed by atoms with Crippen LogP contribution in [0.25, 0.3) is 0 Å². The van der Waals surface area contributed by atoms with Gasteiger partial charge in [0, 0.05) is 5.41 Å². The van der Waals surface area contributed by atoms with Crippen LogP contribution in [0.4, 0.5) is 8.78 Å². The molecular weight excluding hydrogens is 142 g/mol. The van der Waals surface area contributed by atoms with Crippen molar-refractivity contribution < 1.29 is 18.7 Å². The maximum absolute atomic E-state index is 11.8. The third-order valence-electron chi connectivity index (χ3n) is 0.954. The van der Waals surface area contributed by atoms with E-state index in [1.54, 1.807) is 0 Å². The van der Waals surface area contributed by atoms with Crippen LogP contribution in [0.15, 0.2) is 0 Å². The van der Waals surface area contributed by atoms with Gasteiger partial charge in [0.1, 0.15) is 0 Å². The lowest BCUT2D eigenvalue weighted by Crippen LogP contribution is -2.37. The number of rotatable bonds is 1. The van der Waals surface area contributed by atoms with E-state index in [9.17, 15) is 13.6 Å². The molecule has 0 aliphatic rings. The molecule has 60 valence electrons. The van der Waals surface area contributed by atoms with Gasteiger partial charge in [-0.15, -0.1) is 0 Å². The molecular formula is C6H10F2O2. The van der Waals surface area contributed by atoms with Crippen molar-refractivity contribution in [1.82, 2.24) is 0 Å². The lowest BCUT2D eigenvalue weighted by molar-refractivity contribution is -0.210. The molecule has 0 radical (unpaired) electrons. The molecule has 0 bridgehead atoms. The lowest BCUT2D eigenvalue weighted by atomic mass is 9.90. The van der Waals surface area contributed by atoms with E-state index < -0.39 is 17.3 Å². The number of Topliss-reactive ketones (excluding diaryl/α,β-unsaturated/α-hetero) is 1. The van der Waals surface area contributed by atoms with Crippen molar-refractivity contribution in [3.8, 4) is 0 Å². The largest absolute Gasteiger partial charge is 0.414 e. The Labute approximate surface area is 57.9 Å². The van der Waals surface area contributed by atoms with Gasteiger partial charge in [-0.25, -0.2) is 0 Å². The summed E-state index contributed by atoms with van der Waals surface area (Å²) >= 11 is 0. The zero-order valence-corrected chi connectivity index (χ0v) is 6.11. The van der Waals surface area contributed by atoms with E-state index in [4.69, 9.17) is 5.11 Å². The van der Waals surface area contributed by atoms with Crippen LogP contribution < -0.4 is 0 Å². The number of alkyl halides is 2. The van der Waals surface area contributed by atoms with Gasteiger partial charge in [0.15, 0.2) is 0 Å². The summed E-state index contributed by atoms with van der Waals surface area (Å²) in [6, 6.07) is 0. The summed E-state index contributed by atoms with van der Waals surface area (Å²) in [6.07, 6.45) is -4.20. The highest BCUT2D eigenvalue weighted by atomic mass is 19.3. The predicted octanol–water partition coefficient (Wildman–Crippen LogP) is 1.19. The third-order valence-corrected chi connectivity index (χ3v) is 0.954. The first-order valence-electron chi connectivity index (χ1n) is 2.81. The Morgan fingerprint density at radius 3 is 1.60 bits per heavy atom. The number of hydrogen-bond acceptors (Lipinski definition) is 2. The molecule has 2 nitrogen and oxygen atoms in total. The van der Waals surface area contributed by atoms with Gasteiger partial charge >= 0.3 is 6.11 Å². The van der Waals surface area contributed by atoms with Crippen molar-refractivity contribution >= 4 is 5.78 Å². The molecule has 0 aromatic rings. The number of ketones is 1. The van der Waals surface area contributed by atoms with E-state index in [-0.39, 0.29) is 0 Å². The number of carbonyl (C=O) groups is 1. The van der Waals surface area contributed by atoms with Gasteiger partial charge in [0.05, 0.1) is 0 Å². The highest BCUT2D eigenvalue weighted by Gasteiger charge is 2.42. The Balaban J connectivity index is 4.40. The molecule has 0 aliphatic carbocycles. The summed E-state index contributed by atoms with van der Waals surface area (Å²) in [5, 5.41) is 7.94. The third kappa shape index (κ3) is 2.39. The standard InChI is InChI=1S/C6H10F2O2/c1-5(2,3)4(9)6(7,8)10/h10H,1-3H3. The molecule has 0 rings (SSSR count). The fourth-order valence-electron chi connectivity index (χ4n) is 0.451. The minimum absolute atomic E-state index is 1.20. The van der Waals surface area contributed by atoms with Crippen LogP contribution in [0.3, 0.4) is 0 Å². The molecule has 0 heterocycles. The normalized spacial score (nSPS) is 13.4. The van der Waals surface area contributed by atoms with Crippen LogP contribution in [-0.2, 0) is 4.79 Å². The van der Waals surface area contributed by atoms with Gasteiger partial charge < -0.3 is 5.11 Å².